The minimum atomic E-state index is -1.03. The summed E-state index contributed by atoms with van der Waals surface area (Å²) in [5.41, 5.74) is 2.96. The van der Waals surface area contributed by atoms with E-state index in [-0.39, 0.29) is 35.6 Å². The van der Waals surface area contributed by atoms with Gasteiger partial charge in [0.2, 0.25) is 5.88 Å². The Kier molecular flexibility index (Phi) is 7.34. The van der Waals surface area contributed by atoms with Crippen LogP contribution in [0.2, 0.25) is 0 Å². The van der Waals surface area contributed by atoms with Crippen molar-refractivity contribution < 1.29 is 28.2 Å². The van der Waals surface area contributed by atoms with Crippen molar-refractivity contribution in [2.75, 3.05) is 6.61 Å². The average molecular weight is 581 g/mol. The van der Waals surface area contributed by atoms with Gasteiger partial charge in [0.1, 0.15) is 24.1 Å². The number of hydrogen-bond acceptors (Lipinski definition) is 6. The number of aromatic nitrogens is 3. The van der Waals surface area contributed by atoms with Gasteiger partial charge in [-0.25, -0.2) is 23.5 Å². The molecule has 1 saturated heterocycles. The number of pyridine rings is 1. The van der Waals surface area contributed by atoms with E-state index in [1.807, 2.05) is 17.6 Å². The van der Waals surface area contributed by atoms with Crippen LogP contribution >= 0.6 is 0 Å². The molecule has 6 rings (SSSR count). The van der Waals surface area contributed by atoms with Gasteiger partial charge >= 0.3 is 5.97 Å². The largest absolute Gasteiger partial charge is 0.478 e. The lowest BCUT2D eigenvalue weighted by molar-refractivity contribution is -0.142. The third-order valence-electron chi connectivity index (χ3n) is 7.63. The van der Waals surface area contributed by atoms with Crippen LogP contribution in [0.15, 0.2) is 72.8 Å². The molecule has 1 N–H and O–H groups in total. The number of rotatable bonds is 9. The van der Waals surface area contributed by atoms with Crippen molar-refractivity contribution in [3.05, 3.63) is 113 Å². The van der Waals surface area contributed by atoms with E-state index in [9.17, 15) is 14.3 Å². The standard InChI is InChI=1S/C33H26F2N4O4/c1-33(11-12-43-33)19-39-29-15-23(32(40)41)9-10-28(29)37-30(39)16-21-7-8-22(14-26(21)35)27-3-2-4-31(38-27)42-18-24-6-5-20(17-36)13-25(24)34/h2-10,13-15H,11-12,16,18-19H2,1H3,(H,40,41). The lowest BCUT2D eigenvalue weighted by Crippen LogP contribution is -2.44. The number of benzene rings is 3. The van der Waals surface area contributed by atoms with Crippen LogP contribution in [0.4, 0.5) is 8.78 Å². The Labute approximate surface area is 245 Å². The monoisotopic (exact) mass is 580 g/mol. The van der Waals surface area contributed by atoms with E-state index >= 15 is 4.39 Å². The Morgan fingerprint density at radius 3 is 2.56 bits per heavy atom. The summed E-state index contributed by atoms with van der Waals surface area (Å²) in [7, 11) is 0. The van der Waals surface area contributed by atoms with E-state index in [1.54, 1.807) is 42.5 Å². The van der Waals surface area contributed by atoms with Gasteiger partial charge in [-0.15, -0.1) is 0 Å². The Morgan fingerprint density at radius 1 is 1.07 bits per heavy atom. The van der Waals surface area contributed by atoms with Gasteiger partial charge in [0, 0.05) is 30.0 Å². The van der Waals surface area contributed by atoms with Crippen molar-refractivity contribution in [2.24, 2.45) is 0 Å². The van der Waals surface area contributed by atoms with E-state index in [2.05, 4.69) is 4.98 Å². The first-order valence-electron chi connectivity index (χ1n) is 13.6. The SMILES string of the molecule is CC1(Cn2c(Cc3ccc(-c4cccc(OCc5ccc(C#N)cc5F)n4)cc3F)nc3ccc(C(=O)O)cc32)CCO1. The van der Waals surface area contributed by atoms with Crippen molar-refractivity contribution in [3.8, 4) is 23.2 Å². The number of carboxylic acids is 1. The summed E-state index contributed by atoms with van der Waals surface area (Å²) in [5.74, 6) is -1.18. The molecule has 1 fully saturated rings. The molecule has 2 aromatic heterocycles. The molecule has 1 aliphatic rings. The van der Waals surface area contributed by atoms with Gasteiger partial charge in [0.05, 0.1) is 52.7 Å². The maximum Gasteiger partial charge on any atom is 0.335 e. The first kappa shape index (κ1) is 28.0. The number of carbonyl (C=O) groups is 1. The van der Waals surface area contributed by atoms with Crippen molar-refractivity contribution in [1.29, 1.82) is 5.26 Å². The zero-order valence-corrected chi connectivity index (χ0v) is 23.2. The summed E-state index contributed by atoms with van der Waals surface area (Å²) < 4.78 is 43.1. The molecule has 0 amide bonds. The van der Waals surface area contributed by atoms with Crippen LogP contribution < -0.4 is 4.74 Å². The van der Waals surface area contributed by atoms with Gasteiger partial charge in [-0.2, -0.15) is 5.26 Å². The number of carboxylic acid groups (broad SMARTS) is 1. The quantitative estimate of drug-likeness (QED) is 0.218. The number of hydrogen-bond donors (Lipinski definition) is 1. The highest BCUT2D eigenvalue weighted by Gasteiger charge is 2.35. The van der Waals surface area contributed by atoms with Gasteiger partial charge in [-0.1, -0.05) is 24.3 Å². The smallest absolute Gasteiger partial charge is 0.335 e. The second kappa shape index (κ2) is 11.3. The fraction of sp³-hybridized carbons (Fsp3) is 0.212. The Balaban J connectivity index is 1.24. The molecule has 8 nitrogen and oxygen atoms in total. The minimum Gasteiger partial charge on any atom is -0.478 e. The van der Waals surface area contributed by atoms with Crippen LogP contribution in [0.25, 0.3) is 22.3 Å². The maximum absolute atomic E-state index is 15.5. The minimum absolute atomic E-state index is 0.0830. The van der Waals surface area contributed by atoms with Crippen LogP contribution in [0.1, 0.15) is 46.2 Å². The summed E-state index contributed by atoms with van der Waals surface area (Å²) >= 11 is 0. The molecule has 1 unspecified atom stereocenters. The molecule has 5 aromatic rings. The summed E-state index contributed by atoms with van der Waals surface area (Å²) in [4.78, 5) is 20.8. The second-order valence-electron chi connectivity index (χ2n) is 10.7. The first-order valence-corrected chi connectivity index (χ1v) is 13.6. The van der Waals surface area contributed by atoms with Crippen LogP contribution in [0.5, 0.6) is 5.88 Å². The molecular weight excluding hydrogens is 554 g/mol. The summed E-state index contributed by atoms with van der Waals surface area (Å²) in [6, 6.07) is 20.7. The average Bonchev–Trinajstić information content (AvgIpc) is 3.32. The number of nitriles is 1. The van der Waals surface area contributed by atoms with Gasteiger partial charge < -0.3 is 19.1 Å². The first-order chi connectivity index (χ1) is 20.7. The van der Waals surface area contributed by atoms with E-state index in [1.165, 1.54) is 24.3 Å². The summed E-state index contributed by atoms with van der Waals surface area (Å²) in [6.07, 6.45) is 1.04. The number of fused-ring (bicyclic) bond motifs is 1. The Bertz CT molecular complexity index is 1910. The molecule has 1 aliphatic heterocycles. The maximum atomic E-state index is 15.5. The highest BCUT2D eigenvalue weighted by molar-refractivity contribution is 5.92. The third-order valence-corrected chi connectivity index (χ3v) is 7.63. The molecule has 0 saturated carbocycles. The molecule has 0 aliphatic carbocycles. The fourth-order valence-corrected chi connectivity index (χ4v) is 5.09. The predicted molar refractivity (Wildman–Crippen MR) is 154 cm³/mol. The van der Waals surface area contributed by atoms with Crippen molar-refractivity contribution in [2.45, 2.75) is 38.5 Å². The second-order valence-corrected chi connectivity index (χ2v) is 10.7. The number of ether oxygens (including phenoxy) is 2. The number of nitrogens with zero attached hydrogens (tertiary/aromatic N) is 4. The molecule has 43 heavy (non-hydrogen) atoms. The summed E-state index contributed by atoms with van der Waals surface area (Å²) in [5, 5.41) is 18.4. The molecule has 216 valence electrons. The van der Waals surface area contributed by atoms with Gasteiger partial charge in [0.25, 0.3) is 0 Å². The predicted octanol–water partition coefficient (Wildman–Crippen LogP) is 6.30. The highest BCUT2D eigenvalue weighted by atomic mass is 19.1. The fourth-order valence-electron chi connectivity index (χ4n) is 5.09. The van der Waals surface area contributed by atoms with Crippen LogP contribution in [-0.2, 0) is 24.3 Å². The molecule has 0 spiro atoms. The van der Waals surface area contributed by atoms with E-state index in [0.29, 0.717) is 46.8 Å². The van der Waals surface area contributed by atoms with Crippen LogP contribution in [0.3, 0.4) is 0 Å². The lowest BCUT2D eigenvalue weighted by atomic mass is 9.97. The normalized spacial score (nSPS) is 16.0. The number of halogens is 2. The van der Waals surface area contributed by atoms with E-state index in [0.717, 1.165) is 12.5 Å². The van der Waals surface area contributed by atoms with Crippen molar-refractivity contribution in [1.82, 2.24) is 14.5 Å². The van der Waals surface area contributed by atoms with Crippen LogP contribution in [0, 0.1) is 23.0 Å². The van der Waals surface area contributed by atoms with Crippen LogP contribution in [-0.4, -0.2) is 37.8 Å². The van der Waals surface area contributed by atoms with Gasteiger partial charge in [-0.05, 0) is 55.0 Å². The number of imidazole rings is 1. The topological polar surface area (TPSA) is 110 Å². The van der Waals surface area contributed by atoms with E-state index < -0.39 is 23.2 Å². The zero-order valence-electron chi connectivity index (χ0n) is 23.2. The van der Waals surface area contributed by atoms with E-state index in [4.69, 9.17) is 19.7 Å². The highest BCUT2D eigenvalue weighted by Crippen LogP contribution is 2.32. The Hall–Kier alpha value is -5.14. The Morgan fingerprint density at radius 2 is 1.86 bits per heavy atom. The molecule has 3 heterocycles. The number of aromatic carboxylic acids is 1. The van der Waals surface area contributed by atoms with Crippen molar-refractivity contribution in [3.63, 3.8) is 0 Å². The molecule has 0 bridgehead atoms. The molecule has 3 aromatic carbocycles. The third kappa shape index (κ3) is 5.80. The summed E-state index contributed by atoms with van der Waals surface area (Å²) in [6.45, 7) is 3.03. The lowest BCUT2D eigenvalue weighted by Gasteiger charge is -2.39. The molecule has 1 atom stereocenters. The molecule has 0 radical (unpaired) electrons. The zero-order chi connectivity index (χ0) is 30.1. The molecule has 10 heteroatoms. The van der Waals surface area contributed by atoms with Gasteiger partial charge in [0.15, 0.2) is 0 Å². The van der Waals surface area contributed by atoms with Crippen molar-refractivity contribution >= 4 is 17.0 Å². The molecular formula is C33H26F2N4O4. The van der Waals surface area contributed by atoms with Gasteiger partial charge in [-0.3, -0.25) is 0 Å².